The van der Waals surface area contributed by atoms with Gasteiger partial charge in [0.1, 0.15) is 11.6 Å². The van der Waals surface area contributed by atoms with Crippen LogP contribution in [-0.2, 0) is 11.2 Å². The van der Waals surface area contributed by atoms with Crippen LogP contribution in [0.2, 0.25) is 5.02 Å². The summed E-state index contributed by atoms with van der Waals surface area (Å²) in [5.41, 5.74) is 1.67. The summed E-state index contributed by atoms with van der Waals surface area (Å²) >= 11 is 7.26. The molecule has 0 fully saturated rings. The summed E-state index contributed by atoms with van der Waals surface area (Å²) in [6.45, 7) is 4.62. The third kappa shape index (κ3) is 6.24. The molecule has 0 saturated heterocycles. The number of nitrogens with one attached hydrogen (secondary N) is 1. The van der Waals surface area contributed by atoms with Crippen molar-refractivity contribution in [3.8, 4) is 0 Å². The fraction of sp³-hybridized carbons (Fsp3) is 0.286. The molecule has 0 aliphatic carbocycles. The van der Waals surface area contributed by atoms with Crippen molar-refractivity contribution in [3.63, 3.8) is 0 Å². The highest BCUT2D eigenvalue weighted by Gasteiger charge is 2.17. The second kappa shape index (κ2) is 9.80. The molecule has 8 heteroatoms. The molecule has 2 aromatic carbocycles. The van der Waals surface area contributed by atoms with E-state index in [9.17, 15) is 9.18 Å². The summed E-state index contributed by atoms with van der Waals surface area (Å²) in [7, 11) is 0. The van der Waals surface area contributed by atoms with Crippen LogP contribution in [0.25, 0.3) is 0 Å². The van der Waals surface area contributed by atoms with Crippen LogP contribution in [0.4, 0.5) is 15.2 Å². The number of amides is 1. The summed E-state index contributed by atoms with van der Waals surface area (Å²) in [6.07, 6.45) is 0.923. The predicted molar refractivity (Wildman–Crippen MR) is 116 cm³/mol. The Morgan fingerprint density at radius 2 is 1.86 bits per heavy atom. The molecule has 1 amide bonds. The summed E-state index contributed by atoms with van der Waals surface area (Å²) in [4.78, 5) is 19.0. The van der Waals surface area contributed by atoms with Crippen molar-refractivity contribution in [1.29, 1.82) is 0 Å². The highest BCUT2D eigenvalue weighted by atomic mass is 35.5. The van der Waals surface area contributed by atoms with Gasteiger partial charge in [-0.15, -0.1) is 0 Å². The number of rotatable bonds is 8. The van der Waals surface area contributed by atoms with Gasteiger partial charge in [-0.3, -0.25) is 4.79 Å². The number of halogens is 2. The van der Waals surface area contributed by atoms with E-state index in [1.165, 1.54) is 23.7 Å². The molecule has 0 unspecified atom stereocenters. The van der Waals surface area contributed by atoms with Gasteiger partial charge >= 0.3 is 0 Å². The first kappa shape index (κ1) is 21.2. The minimum absolute atomic E-state index is 0.131. The average Bonchev–Trinajstić information content (AvgIpc) is 3.13. The number of benzene rings is 2. The molecule has 1 aromatic heterocycles. The molecule has 0 aliphatic heterocycles. The molecular formula is C21H22ClFN4OS. The fourth-order valence-corrected chi connectivity index (χ4v) is 3.74. The molecule has 1 heterocycles. The molecule has 0 spiro atoms. The van der Waals surface area contributed by atoms with Gasteiger partial charge < -0.3 is 10.2 Å². The zero-order chi connectivity index (χ0) is 20.8. The normalized spacial score (nSPS) is 10.9. The van der Waals surface area contributed by atoms with Crippen LogP contribution < -0.4 is 10.2 Å². The quantitative estimate of drug-likeness (QED) is 0.533. The Bertz CT molecular complexity index is 944. The van der Waals surface area contributed by atoms with Crippen molar-refractivity contribution in [2.45, 2.75) is 32.7 Å². The Hall–Kier alpha value is -2.51. The number of carbonyl (C=O) groups is 1. The third-order valence-corrected chi connectivity index (χ3v) is 5.35. The lowest BCUT2D eigenvalue weighted by Gasteiger charge is -2.25. The van der Waals surface area contributed by atoms with Gasteiger partial charge in [0, 0.05) is 47.7 Å². The Labute approximate surface area is 178 Å². The van der Waals surface area contributed by atoms with Gasteiger partial charge in [-0.2, -0.15) is 4.37 Å². The van der Waals surface area contributed by atoms with Crippen molar-refractivity contribution >= 4 is 39.9 Å². The van der Waals surface area contributed by atoms with Crippen LogP contribution in [0.15, 0.2) is 48.5 Å². The molecule has 5 nitrogen and oxygen atoms in total. The third-order valence-electron chi connectivity index (χ3n) is 4.31. The van der Waals surface area contributed by atoms with Crippen molar-refractivity contribution in [2.24, 2.45) is 0 Å². The van der Waals surface area contributed by atoms with E-state index in [0.29, 0.717) is 30.1 Å². The van der Waals surface area contributed by atoms with E-state index in [4.69, 9.17) is 11.6 Å². The molecule has 0 atom stereocenters. The Morgan fingerprint density at radius 3 is 2.52 bits per heavy atom. The molecular weight excluding hydrogens is 411 g/mol. The summed E-state index contributed by atoms with van der Waals surface area (Å²) in [5, 5.41) is 4.27. The average molecular weight is 433 g/mol. The maximum atomic E-state index is 13.0. The maximum absolute atomic E-state index is 13.0. The van der Waals surface area contributed by atoms with Crippen LogP contribution in [0, 0.1) is 5.82 Å². The lowest BCUT2D eigenvalue weighted by Crippen LogP contribution is -2.33. The SMILES string of the molecule is CC(C)N(CCC(=O)Nc1ccc(F)cc1)c1nc(Cc2ccc(Cl)cc2)ns1. The van der Waals surface area contributed by atoms with Gasteiger partial charge in [-0.1, -0.05) is 23.7 Å². The number of aromatic nitrogens is 2. The van der Waals surface area contributed by atoms with Gasteiger partial charge in [0.15, 0.2) is 0 Å². The van der Waals surface area contributed by atoms with Gasteiger partial charge in [-0.05, 0) is 55.8 Å². The zero-order valence-corrected chi connectivity index (χ0v) is 17.8. The molecule has 3 rings (SSSR count). The van der Waals surface area contributed by atoms with Gasteiger partial charge in [0.2, 0.25) is 11.0 Å². The minimum Gasteiger partial charge on any atom is -0.344 e. The fourth-order valence-electron chi connectivity index (χ4n) is 2.77. The molecule has 152 valence electrons. The first-order valence-corrected chi connectivity index (χ1v) is 10.4. The second-order valence-corrected chi connectivity index (χ2v) is 8.06. The number of hydrogen-bond acceptors (Lipinski definition) is 5. The van der Waals surface area contributed by atoms with Crippen molar-refractivity contribution in [1.82, 2.24) is 9.36 Å². The topological polar surface area (TPSA) is 58.1 Å². The highest BCUT2D eigenvalue weighted by Crippen LogP contribution is 2.22. The largest absolute Gasteiger partial charge is 0.344 e. The number of anilines is 2. The number of carbonyl (C=O) groups excluding carboxylic acids is 1. The molecule has 3 aromatic rings. The van der Waals surface area contributed by atoms with Gasteiger partial charge in [0.05, 0.1) is 0 Å². The van der Waals surface area contributed by atoms with Crippen LogP contribution in [0.1, 0.15) is 31.7 Å². The monoisotopic (exact) mass is 432 g/mol. The standard InChI is InChI=1S/C21H22ClFN4OS/c1-14(2)27(12-11-20(28)24-18-9-7-17(23)8-10-18)21-25-19(26-29-21)13-15-3-5-16(22)6-4-15/h3-10,14H,11-13H2,1-2H3,(H,24,28). The summed E-state index contributed by atoms with van der Waals surface area (Å²) in [6, 6.07) is 13.5. The lowest BCUT2D eigenvalue weighted by molar-refractivity contribution is -0.116. The lowest BCUT2D eigenvalue weighted by atomic mass is 10.1. The van der Waals surface area contributed by atoms with Gasteiger partial charge in [-0.25, -0.2) is 9.37 Å². The number of hydrogen-bond donors (Lipinski definition) is 1. The minimum atomic E-state index is -0.334. The highest BCUT2D eigenvalue weighted by molar-refractivity contribution is 7.09. The van der Waals surface area contributed by atoms with Crippen LogP contribution in [-0.4, -0.2) is 27.9 Å². The van der Waals surface area contributed by atoms with E-state index in [2.05, 4.69) is 33.4 Å². The molecule has 0 saturated carbocycles. The van der Waals surface area contributed by atoms with Crippen molar-refractivity contribution in [2.75, 3.05) is 16.8 Å². The molecule has 29 heavy (non-hydrogen) atoms. The predicted octanol–water partition coefficient (Wildman–Crippen LogP) is 5.17. The Balaban J connectivity index is 1.59. The van der Waals surface area contributed by atoms with E-state index in [-0.39, 0.29) is 17.8 Å². The van der Waals surface area contributed by atoms with Crippen molar-refractivity contribution < 1.29 is 9.18 Å². The van der Waals surface area contributed by atoms with Crippen molar-refractivity contribution in [3.05, 3.63) is 70.8 Å². The van der Waals surface area contributed by atoms with Crippen LogP contribution in [0.5, 0.6) is 0 Å². The molecule has 0 radical (unpaired) electrons. The summed E-state index contributed by atoms with van der Waals surface area (Å²) < 4.78 is 17.4. The first-order chi connectivity index (χ1) is 13.9. The molecule has 1 N–H and O–H groups in total. The second-order valence-electron chi connectivity index (χ2n) is 6.89. The van der Waals surface area contributed by atoms with Crippen LogP contribution >= 0.6 is 23.1 Å². The Morgan fingerprint density at radius 1 is 1.17 bits per heavy atom. The number of nitrogens with zero attached hydrogens (tertiary/aromatic N) is 3. The van der Waals surface area contributed by atoms with Gasteiger partial charge in [0.25, 0.3) is 0 Å². The van der Waals surface area contributed by atoms with E-state index in [1.807, 2.05) is 24.3 Å². The van der Waals surface area contributed by atoms with Crippen LogP contribution in [0.3, 0.4) is 0 Å². The van der Waals surface area contributed by atoms with E-state index in [0.717, 1.165) is 16.5 Å². The van der Waals surface area contributed by atoms with E-state index < -0.39 is 0 Å². The first-order valence-electron chi connectivity index (χ1n) is 9.30. The smallest absolute Gasteiger partial charge is 0.226 e. The Kier molecular flexibility index (Phi) is 7.17. The van der Waals surface area contributed by atoms with E-state index >= 15 is 0 Å². The maximum Gasteiger partial charge on any atom is 0.226 e. The molecule has 0 bridgehead atoms. The zero-order valence-electron chi connectivity index (χ0n) is 16.2. The van der Waals surface area contributed by atoms with E-state index in [1.54, 1.807) is 12.1 Å². The molecule has 0 aliphatic rings. The summed E-state index contributed by atoms with van der Waals surface area (Å²) in [5.74, 6) is 0.279.